The molecule has 2 rings (SSSR count). The smallest absolute Gasteiger partial charge is 0.146 e. The number of allylic oxidation sites excluding steroid dienone is 1. The van der Waals surface area contributed by atoms with Crippen molar-refractivity contribution >= 4 is 11.4 Å². The lowest BCUT2D eigenvalue weighted by atomic mass is 10.1. The third-order valence-electron chi connectivity index (χ3n) is 6.39. The van der Waals surface area contributed by atoms with Crippen LogP contribution in [0.5, 0.6) is 5.75 Å². The van der Waals surface area contributed by atoms with E-state index in [0.29, 0.717) is 25.1 Å². The summed E-state index contributed by atoms with van der Waals surface area (Å²) in [6, 6.07) is 15.0. The molecule has 41 heavy (non-hydrogen) atoms. The van der Waals surface area contributed by atoms with Crippen LogP contribution in [-0.2, 0) is 17.6 Å². The van der Waals surface area contributed by atoms with Gasteiger partial charge in [0.15, 0.2) is 0 Å². The zero-order valence-electron chi connectivity index (χ0n) is 26.1. The summed E-state index contributed by atoms with van der Waals surface area (Å²) < 4.78 is 11.8. The van der Waals surface area contributed by atoms with Crippen LogP contribution in [0.3, 0.4) is 0 Å². The quantitative estimate of drug-likeness (QED) is 0.0971. The lowest BCUT2D eigenvalue weighted by Crippen LogP contribution is -2.26. The van der Waals surface area contributed by atoms with Crippen LogP contribution in [0, 0.1) is 17.8 Å². The highest BCUT2D eigenvalue weighted by Crippen LogP contribution is 2.31. The summed E-state index contributed by atoms with van der Waals surface area (Å²) in [5, 5.41) is 15.7. The molecule has 0 aromatic heterocycles. The topological polar surface area (TPSA) is 67.2 Å². The standard InChI is InChI=1S/C35H52N4O2/c1-7-31-18-21-35(41-25-10-8-9-24-40-26-23-36-29(4)5)34(27-31)39-38-33-19-16-32(17-20-33)15-11-14-30(6)37-22-12-13-28(2)3/h16-21,27-29,36-37H,6-11,14-15,22-26H2,1-5H3. The number of nitrogens with one attached hydrogen (secondary N) is 2. The summed E-state index contributed by atoms with van der Waals surface area (Å²) >= 11 is 0. The highest BCUT2D eigenvalue weighted by atomic mass is 16.5. The van der Waals surface area contributed by atoms with Gasteiger partial charge < -0.3 is 20.1 Å². The monoisotopic (exact) mass is 560 g/mol. The Morgan fingerprint density at radius 2 is 1.66 bits per heavy atom. The molecule has 0 aliphatic heterocycles. The predicted octanol–water partition coefficient (Wildman–Crippen LogP) is 8.31. The molecule has 0 unspecified atom stereocenters. The highest BCUT2D eigenvalue weighted by molar-refractivity contribution is 5.54. The summed E-state index contributed by atoms with van der Waals surface area (Å²) in [4.78, 5) is 0. The van der Waals surface area contributed by atoms with E-state index in [0.717, 1.165) is 87.5 Å². The van der Waals surface area contributed by atoms with Gasteiger partial charge in [0.2, 0.25) is 0 Å². The van der Waals surface area contributed by atoms with Crippen molar-refractivity contribution in [3.05, 3.63) is 65.9 Å². The van der Waals surface area contributed by atoms with E-state index in [1.807, 2.05) is 18.2 Å². The molecule has 0 aliphatic rings. The normalized spacial score (nSPS) is 11.2. The molecule has 224 valence electrons. The lowest BCUT2D eigenvalue weighted by Gasteiger charge is -2.10. The van der Waals surface area contributed by atoms with Gasteiger partial charge in [-0.1, -0.05) is 71.2 Å². The molecule has 0 saturated carbocycles. The Hall–Kier alpha value is -3.14. The fraction of sp³-hybridized carbons (Fsp3) is 0.543. The number of aryl methyl sites for hydroxylation is 2. The van der Waals surface area contributed by atoms with Crippen molar-refractivity contribution in [3.8, 4) is 17.6 Å². The van der Waals surface area contributed by atoms with E-state index in [-0.39, 0.29) is 0 Å². The van der Waals surface area contributed by atoms with Crippen molar-refractivity contribution in [1.82, 2.24) is 10.6 Å². The number of benzene rings is 2. The molecule has 0 bridgehead atoms. The third-order valence-corrected chi connectivity index (χ3v) is 6.39. The van der Waals surface area contributed by atoms with Crippen LogP contribution in [0.2, 0.25) is 0 Å². The molecule has 0 saturated heterocycles. The van der Waals surface area contributed by atoms with Crippen molar-refractivity contribution in [2.24, 2.45) is 16.1 Å². The first-order valence-corrected chi connectivity index (χ1v) is 15.3. The third kappa shape index (κ3) is 16.0. The van der Waals surface area contributed by atoms with Gasteiger partial charge in [-0.3, -0.25) is 0 Å². The van der Waals surface area contributed by atoms with Crippen LogP contribution < -0.4 is 15.4 Å². The summed E-state index contributed by atoms with van der Waals surface area (Å²) in [5.41, 5.74) is 5.15. The van der Waals surface area contributed by atoms with E-state index in [1.165, 1.54) is 11.1 Å². The first-order chi connectivity index (χ1) is 19.9. The predicted molar refractivity (Wildman–Crippen MR) is 172 cm³/mol. The average molecular weight is 561 g/mol. The van der Waals surface area contributed by atoms with E-state index in [9.17, 15) is 0 Å². The van der Waals surface area contributed by atoms with Gasteiger partial charge >= 0.3 is 0 Å². The summed E-state index contributed by atoms with van der Waals surface area (Å²) in [6.45, 7) is 18.5. The van der Waals surface area contributed by atoms with E-state index in [4.69, 9.17) is 9.47 Å². The van der Waals surface area contributed by atoms with Gasteiger partial charge in [-0.2, -0.15) is 5.11 Å². The Morgan fingerprint density at radius 1 is 0.902 bits per heavy atom. The maximum absolute atomic E-state index is 6.10. The van der Waals surface area contributed by atoms with Crippen LogP contribution in [0.25, 0.3) is 0 Å². The molecule has 0 amide bonds. The fourth-order valence-electron chi connectivity index (χ4n) is 4.03. The summed E-state index contributed by atoms with van der Waals surface area (Å²) in [5.74, 6) is 7.48. The second-order valence-corrected chi connectivity index (χ2v) is 10.9. The molecule has 0 spiro atoms. The number of hydrogen-bond acceptors (Lipinski definition) is 6. The Kier molecular flexibility index (Phi) is 17.2. The minimum absolute atomic E-state index is 0.401. The molecule has 0 atom stereocenters. The summed E-state index contributed by atoms with van der Waals surface area (Å²) in [6.07, 6.45) is 7.01. The maximum atomic E-state index is 6.10. The minimum Gasteiger partial charge on any atom is -0.491 e. The van der Waals surface area contributed by atoms with Crippen LogP contribution >= 0.6 is 0 Å². The number of ether oxygens (including phenoxy) is 2. The fourth-order valence-corrected chi connectivity index (χ4v) is 4.03. The Bertz CT molecular complexity index is 1100. The van der Waals surface area contributed by atoms with Gasteiger partial charge in [0.25, 0.3) is 0 Å². The number of azo groups is 1. The first-order valence-electron chi connectivity index (χ1n) is 15.3. The molecule has 2 N–H and O–H groups in total. The summed E-state index contributed by atoms with van der Waals surface area (Å²) in [7, 11) is 0. The van der Waals surface area contributed by atoms with Gasteiger partial charge in [0.1, 0.15) is 11.4 Å². The van der Waals surface area contributed by atoms with Gasteiger partial charge in [0.05, 0.1) is 25.4 Å². The number of nitrogens with zero attached hydrogens (tertiary/aromatic N) is 2. The van der Waals surface area contributed by atoms with Gasteiger partial charge in [-0.15, -0.1) is 5.11 Å². The van der Waals surface area contributed by atoms with Gasteiger partial charge in [0, 0.05) is 30.8 Å². The Balaban J connectivity index is 1.76. The number of unbranched alkanes of at least 4 members (excludes halogenated alkanes) is 2. The van der Waals surface area contributed by atoms with Crippen molar-refractivity contribution in [2.45, 2.75) is 85.6 Å². The molecule has 0 fully saturated rings. The second-order valence-electron chi connectivity index (χ2n) is 10.9. The Labute approximate surface area is 249 Å². The number of hydrogen-bond donors (Lipinski definition) is 2. The van der Waals surface area contributed by atoms with Crippen molar-refractivity contribution < 1.29 is 9.47 Å². The van der Waals surface area contributed by atoms with Crippen LogP contribution in [0.1, 0.15) is 77.8 Å². The maximum Gasteiger partial charge on any atom is 0.146 e. The van der Waals surface area contributed by atoms with Crippen LogP contribution in [0.4, 0.5) is 11.4 Å². The van der Waals surface area contributed by atoms with Gasteiger partial charge in [-0.05, 0) is 80.3 Å². The van der Waals surface area contributed by atoms with Crippen molar-refractivity contribution in [1.29, 1.82) is 0 Å². The van der Waals surface area contributed by atoms with E-state index in [2.05, 4.69) is 98.2 Å². The first kappa shape index (κ1) is 34.1. The molecular weight excluding hydrogens is 508 g/mol. The molecule has 6 nitrogen and oxygen atoms in total. The zero-order chi connectivity index (χ0) is 29.7. The molecule has 0 aliphatic carbocycles. The highest BCUT2D eigenvalue weighted by Gasteiger charge is 2.05. The second kappa shape index (κ2) is 20.7. The van der Waals surface area contributed by atoms with E-state index in [1.54, 1.807) is 0 Å². The molecule has 2 aromatic rings. The largest absolute Gasteiger partial charge is 0.491 e. The molecule has 0 radical (unpaired) electrons. The lowest BCUT2D eigenvalue weighted by molar-refractivity contribution is 0.129. The number of rotatable bonds is 20. The molecule has 2 aromatic carbocycles. The van der Waals surface area contributed by atoms with Crippen molar-refractivity contribution in [2.75, 3.05) is 32.9 Å². The average Bonchev–Trinajstić information content (AvgIpc) is 2.96. The van der Waals surface area contributed by atoms with Crippen LogP contribution in [0.15, 0.2) is 65.0 Å². The van der Waals surface area contributed by atoms with Gasteiger partial charge in [-0.25, -0.2) is 0 Å². The zero-order valence-corrected chi connectivity index (χ0v) is 26.1. The van der Waals surface area contributed by atoms with Crippen LogP contribution in [-0.4, -0.2) is 39.0 Å². The minimum atomic E-state index is 0.401. The Morgan fingerprint density at radius 3 is 2.39 bits per heavy atom. The SMILES string of the molecule is C=C(CCCc1ccc(N=Nc2cc(CC)ccc2OCCCCCOCCNC(C)C)cc1)NCC#CC(C)C. The van der Waals surface area contributed by atoms with Crippen molar-refractivity contribution in [3.63, 3.8) is 0 Å². The molecular formula is C35H52N4O2. The van der Waals surface area contributed by atoms with E-state index < -0.39 is 0 Å². The van der Waals surface area contributed by atoms with E-state index >= 15 is 0 Å². The molecule has 0 heterocycles. The molecule has 6 heteroatoms.